The lowest BCUT2D eigenvalue weighted by molar-refractivity contribution is -0.140. The van der Waals surface area contributed by atoms with Gasteiger partial charge in [0, 0.05) is 18.7 Å². The van der Waals surface area contributed by atoms with Crippen molar-refractivity contribution in [3.05, 3.63) is 29.3 Å². The molecule has 0 N–H and O–H groups in total. The lowest BCUT2D eigenvalue weighted by atomic mass is 10.1. The minimum atomic E-state index is 0.0671. The molecule has 0 radical (unpaired) electrons. The second-order valence-corrected chi connectivity index (χ2v) is 7.44. The zero-order valence-electron chi connectivity index (χ0n) is 15.0. The van der Waals surface area contributed by atoms with Gasteiger partial charge in [-0.25, -0.2) is 0 Å². The van der Waals surface area contributed by atoms with Gasteiger partial charge in [-0.15, -0.1) is 10.2 Å². The third kappa shape index (κ3) is 4.41. The molecular formula is C18H23N3O3S. The summed E-state index contributed by atoms with van der Waals surface area (Å²) < 4.78 is 11.3. The maximum atomic E-state index is 12.4. The van der Waals surface area contributed by atoms with Gasteiger partial charge in [-0.05, 0) is 51.0 Å². The van der Waals surface area contributed by atoms with Gasteiger partial charge in [-0.3, -0.25) is 4.79 Å². The summed E-state index contributed by atoms with van der Waals surface area (Å²) in [6, 6.07) is 6.02. The highest BCUT2D eigenvalue weighted by Crippen LogP contribution is 2.25. The Morgan fingerprint density at radius 2 is 1.92 bits per heavy atom. The Bertz CT molecular complexity index is 752. The molecule has 2 aromatic rings. The highest BCUT2D eigenvalue weighted by molar-refractivity contribution is 7.99. The molecule has 0 aliphatic carbocycles. The molecular weight excluding hydrogens is 338 g/mol. The molecule has 0 unspecified atom stereocenters. The molecule has 2 atom stereocenters. The van der Waals surface area contributed by atoms with E-state index in [0.29, 0.717) is 24.2 Å². The molecule has 1 fully saturated rings. The normalized spacial score (nSPS) is 20.7. The number of carbonyl (C=O) groups excluding carboxylic acids is 1. The molecule has 3 rings (SSSR count). The monoisotopic (exact) mass is 361 g/mol. The van der Waals surface area contributed by atoms with E-state index in [9.17, 15) is 4.79 Å². The number of benzene rings is 1. The molecule has 2 heterocycles. The zero-order valence-corrected chi connectivity index (χ0v) is 15.8. The van der Waals surface area contributed by atoms with Crippen LogP contribution < -0.4 is 0 Å². The van der Waals surface area contributed by atoms with Crippen molar-refractivity contribution in [2.24, 2.45) is 0 Å². The van der Waals surface area contributed by atoms with Gasteiger partial charge in [0.1, 0.15) is 0 Å². The van der Waals surface area contributed by atoms with Crippen LogP contribution in [0.2, 0.25) is 0 Å². The van der Waals surface area contributed by atoms with E-state index in [1.54, 1.807) is 0 Å². The van der Waals surface area contributed by atoms with Gasteiger partial charge in [-0.2, -0.15) is 0 Å². The lowest BCUT2D eigenvalue weighted by Crippen LogP contribution is -2.48. The number of rotatable bonds is 4. The van der Waals surface area contributed by atoms with E-state index in [1.165, 1.54) is 22.9 Å². The number of aryl methyl sites for hydroxylation is 2. The molecule has 1 saturated heterocycles. The molecule has 0 saturated carbocycles. The van der Waals surface area contributed by atoms with Crippen LogP contribution in [0.5, 0.6) is 0 Å². The summed E-state index contributed by atoms with van der Waals surface area (Å²) in [7, 11) is 0. The summed E-state index contributed by atoms with van der Waals surface area (Å²) in [6.45, 7) is 9.33. The minimum absolute atomic E-state index is 0.0671. The summed E-state index contributed by atoms with van der Waals surface area (Å²) in [5.41, 5.74) is 3.29. The quantitative estimate of drug-likeness (QED) is 0.780. The number of morpholine rings is 1. The van der Waals surface area contributed by atoms with E-state index in [-0.39, 0.29) is 23.9 Å². The van der Waals surface area contributed by atoms with Crippen LogP contribution in [0.1, 0.15) is 25.0 Å². The second kappa shape index (κ2) is 7.58. The van der Waals surface area contributed by atoms with Crippen LogP contribution in [0.4, 0.5) is 0 Å². The van der Waals surface area contributed by atoms with E-state index in [2.05, 4.69) is 17.1 Å². The highest BCUT2D eigenvalue weighted by atomic mass is 32.2. The molecule has 1 aliphatic rings. The second-order valence-electron chi connectivity index (χ2n) is 6.52. The van der Waals surface area contributed by atoms with Gasteiger partial charge < -0.3 is 14.1 Å². The summed E-state index contributed by atoms with van der Waals surface area (Å²) in [4.78, 5) is 14.2. The van der Waals surface area contributed by atoms with Crippen LogP contribution in [0.15, 0.2) is 27.8 Å². The number of amides is 1. The predicted octanol–water partition coefficient (Wildman–Crippen LogP) is 3.08. The largest absolute Gasteiger partial charge is 0.411 e. The van der Waals surface area contributed by atoms with Gasteiger partial charge in [0.15, 0.2) is 0 Å². The third-order valence-corrected chi connectivity index (χ3v) is 5.05. The zero-order chi connectivity index (χ0) is 18.0. The van der Waals surface area contributed by atoms with Crippen molar-refractivity contribution in [2.75, 3.05) is 18.8 Å². The van der Waals surface area contributed by atoms with E-state index < -0.39 is 0 Å². The average molecular weight is 361 g/mol. The summed E-state index contributed by atoms with van der Waals surface area (Å²) in [5, 5.41) is 8.54. The standard InChI is InChI=1S/C18H23N3O3S/c1-11-5-6-15(7-12(11)2)17-19-20-18(24-17)25-10-16(22)21-8-13(3)23-14(4)9-21/h5-7,13-14H,8-10H2,1-4H3/t13-,14+. The van der Waals surface area contributed by atoms with Crippen molar-refractivity contribution in [1.82, 2.24) is 15.1 Å². The minimum Gasteiger partial charge on any atom is -0.411 e. The molecule has 1 aliphatic heterocycles. The maximum Gasteiger partial charge on any atom is 0.277 e. The van der Waals surface area contributed by atoms with Gasteiger partial charge >= 0.3 is 0 Å². The van der Waals surface area contributed by atoms with Crippen molar-refractivity contribution in [3.8, 4) is 11.5 Å². The van der Waals surface area contributed by atoms with Crippen LogP contribution in [0.3, 0.4) is 0 Å². The first kappa shape index (κ1) is 17.9. The Balaban J connectivity index is 1.60. The van der Waals surface area contributed by atoms with Crippen LogP contribution in [0, 0.1) is 13.8 Å². The summed E-state index contributed by atoms with van der Waals surface area (Å²) in [5.74, 6) is 0.832. The van der Waals surface area contributed by atoms with E-state index >= 15 is 0 Å². The maximum absolute atomic E-state index is 12.4. The topological polar surface area (TPSA) is 68.5 Å². The molecule has 1 aromatic heterocycles. The SMILES string of the molecule is Cc1ccc(-c2nnc(SCC(=O)N3C[C@@H](C)O[C@@H](C)C3)o2)cc1C. The number of thioether (sulfide) groups is 1. The van der Waals surface area contributed by atoms with Crippen molar-refractivity contribution < 1.29 is 13.9 Å². The molecule has 25 heavy (non-hydrogen) atoms. The van der Waals surface area contributed by atoms with Crippen molar-refractivity contribution in [1.29, 1.82) is 0 Å². The predicted molar refractivity (Wildman–Crippen MR) is 96.5 cm³/mol. The number of hydrogen-bond donors (Lipinski definition) is 0. The van der Waals surface area contributed by atoms with Crippen LogP contribution in [0.25, 0.3) is 11.5 Å². The Labute approximate surface area is 151 Å². The van der Waals surface area contributed by atoms with Crippen molar-refractivity contribution in [2.45, 2.75) is 45.1 Å². The highest BCUT2D eigenvalue weighted by Gasteiger charge is 2.26. The van der Waals surface area contributed by atoms with Gasteiger partial charge in [-0.1, -0.05) is 17.8 Å². The number of nitrogens with zero attached hydrogens (tertiary/aromatic N) is 3. The van der Waals surface area contributed by atoms with E-state index in [1.807, 2.05) is 43.9 Å². The van der Waals surface area contributed by atoms with E-state index in [0.717, 1.165) is 5.56 Å². The summed E-state index contributed by atoms with van der Waals surface area (Å²) in [6.07, 6.45) is 0.134. The average Bonchev–Trinajstić information content (AvgIpc) is 3.03. The van der Waals surface area contributed by atoms with Gasteiger partial charge in [0.05, 0.1) is 18.0 Å². The molecule has 6 nitrogen and oxygen atoms in total. The Kier molecular flexibility index (Phi) is 5.44. The van der Waals surface area contributed by atoms with Crippen LogP contribution >= 0.6 is 11.8 Å². The van der Waals surface area contributed by atoms with Gasteiger partial charge in [0.25, 0.3) is 5.22 Å². The lowest BCUT2D eigenvalue weighted by Gasteiger charge is -2.35. The molecule has 0 spiro atoms. The number of ether oxygens (including phenoxy) is 1. The molecule has 134 valence electrons. The first-order valence-electron chi connectivity index (χ1n) is 8.39. The summed E-state index contributed by atoms with van der Waals surface area (Å²) >= 11 is 1.28. The number of carbonyl (C=O) groups is 1. The van der Waals surface area contributed by atoms with Crippen LogP contribution in [-0.4, -0.2) is 52.1 Å². The molecule has 0 bridgehead atoms. The van der Waals surface area contributed by atoms with Crippen LogP contribution in [-0.2, 0) is 9.53 Å². The Hall–Kier alpha value is -1.86. The fourth-order valence-electron chi connectivity index (χ4n) is 2.86. The van der Waals surface area contributed by atoms with E-state index in [4.69, 9.17) is 9.15 Å². The molecule has 1 aromatic carbocycles. The first-order chi connectivity index (χ1) is 11.9. The number of hydrogen-bond acceptors (Lipinski definition) is 6. The first-order valence-corrected chi connectivity index (χ1v) is 9.38. The number of aromatic nitrogens is 2. The van der Waals surface area contributed by atoms with Crippen molar-refractivity contribution in [3.63, 3.8) is 0 Å². The smallest absolute Gasteiger partial charge is 0.277 e. The fraction of sp³-hybridized carbons (Fsp3) is 0.500. The molecule has 1 amide bonds. The van der Waals surface area contributed by atoms with Crippen molar-refractivity contribution >= 4 is 17.7 Å². The van der Waals surface area contributed by atoms with Gasteiger partial charge in [0.2, 0.25) is 11.8 Å². The Morgan fingerprint density at radius 3 is 2.60 bits per heavy atom. The molecule has 7 heteroatoms. The Morgan fingerprint density at radius 1 is 1.20 bits per heavy atom. The fourth-order valence-corrected chi connectivity index (χ4v) is 3.52. The third-order valence-electron chi connectivity index (χ3n) is 4.25.